The summed E-state index contributed by atoms with van der Waals surface area (Å²) in [6, 6.07) is 11.3. The van der Waals surface area contributed by atoms with Crippen LogP contribution in [0.5, 0.6) is 0 Å². The molecule has 1 heterocycles. The first-order valence-corrected chi connectivity index (χ1v) is 12.3. The molecule has 1 unspecified atom stereocenters. The smallest absolute Gasteiger partial charge is 0.271 e. The van der Waals surface area contributed by atoms with Gasteiger partial charge in [-0.1, -0.05) is 41.4 Å². The number of aromatic nitrogens is 2. The number of benzene rings is 2. The maximum atomic E-state index is 14.0. The van der Waals surface area contributed by atoms with Crippen molar-refractivity contribution in [2.75, 3.05) is 0 Å². The van der Waals surface area contributed by atoms with Gasteiger partial charge in [0.2, 0.25) is 5.91 Å². The van der Waals surface area contributed by atoms with Crippen molar-refractivity contribution >= 4 is 46.0 Å². The van der Waals surface area contributed by atoms with Gasteiger partial charge in [-0.3, -0.25) is 14.6 Å². The van der Waals surface area contributed by atoms with E-state index in [0.29, 0.717) is 26.6 Å². The van der Waals surface area contributed by atoms with Crippen molar-refractivity contribution in [1.29, 1.82) is 0 Å². The second kappa shape index (κ2) is 12.0. The Morgan fingerprint density at radius 1 is 1.14 bits per heavy atom. The summed E-state index contributed by atoms with van der Waals surface area (Å²) < 4.78 is 14.0. The van der Waals surface area contributed by atoms with Crippen LogP contribution >= 0.6 is 23.2 Å². The fourth-order valence-electron chi connectivity index (χ4n) is 3.86. The van der Waals surface area contributed by atoms with Crippen LogP contribution in [0, 0.1) is 5.92 Å². The van der Waals surface area contributed by atoms with E-state index in [1.807, 2.05) is 6.07 Å². The molecule has 3 rings (SSSR count). The van der Waals surface area contributed by atoms with Gasteiger partial charge < -0.3 is 16.2 Å². The lowest BCUT2D eigenvalue weighted by molar-refractivity contribution is -0.123. The van der Waals surface area contributed by atoms with Crippen LogP contribution in [0.1, 0.15) is 49.2 Å². The number of aliphatic hydroxyl groups is 1. The molecule has 2 amide bonds. The monoisotopic (exact) mass is 534 g/mol. The largest absolute Gasteiger partial charge is 0.391 e. The van der Waals surface area contributed by atoms with E-state index in [0.717, 1.165) is 0 Å². The molecule has 0 aliphatic heterocycles. The Bertz CT molecular complexity index is 1240. The molecule has 10 heteroatoms. The van der Waals surface area contributed by atoms with E-state index in [4.69, 9.17) is 28.9 Å². The zero-order valence-corrected chi connectivity index (χ0v) is 21.6. The van der Waals surface area contributed by atoms with Crippen molar-refractivity contribution in [3.05, 3.63) is 70.0 Å². The van der Waals surface area contributed by atoms with Crippen LogP contribution < -0.4 is 11.1 Å². The molecule has 7 nitrogen and oxygen atoms in total. The Kier molecular flexibility index (Phi) is 9.22. The summed E-state index contributed by atoms with van der Waals surface area (Å²) >= 11 is 12.2. The van der Waals surface area contributed by atoms with Gasteiger partial charge in [0.25, 0.3) is 5.91 Å². The highest BCUT2D eigenvalue weighted by Crippen LogP contribution is 2.26. The molecule has 1 aromatic heterocycles. The van der Waals surface area contributed by atoms with E-state index in [-0.39, 0.29) is 31.4 Å². The number of alkyl halides is 1. The molecule has 0 spiro atoms. The normalized spacial score (nSPS) is 14.3. The average Bonchev–Trinajstić information content (AvgIpc) is 2.82. The zero-order chi connectivity index (χ0) is 26.5. The topological polar surface area (TPSA) is 118 Å². The van der Waals surface area contributed by atoms with Gasteiger partial charge in [0.1, 0.15) is 11.4 Å². The average molecular weight is 535 g/mol. The Morgan fingerprint density at radius 2 is 1.83 bits per heavy atom. The van der Waals surface area contributed by atoms with Gasteiger partial charge in [-0.05, 0) is 69.4 Å². The van der Waals surface area contributed by atoms with E-state index in [1.165, 1.54) is 20.0 Å². The highest BCUT2D eigenvalue weighted by atomic mass is 35.5. The first kappa shape index (κ1) is 27.8. The number of halogens is 3. The van der Waals surface area contributed by atoms with Crippen LogP contribution in [-0.2, 0) is 11.2 Å². The summed E-state index contributed by atoms with van der Waals surface area (Å²) in [6.45, 7) is 2.83. The molecular weight excluding hydrogens is 506 g/mol. The predicted octanol–water partition coefficient (Wildman–Crippen LogP) is 4.66. The molecule has 2 aromatic carbocycles. The number of fused-ring (bicyclic) bond motifs is 1. The maximum Gasteiger partial charge on any atom is 0.271 e. The van der Waals surface area contributed by atoms with E-state index >= 15 is 0 Å². The molecule has 0 radical (unpaired) electrons. The SMILES string of the molecule is CC(C)(F)CC[C@H](C[C@H](O)C(Cc1ccc(Cl)c(Cl)c1)NC(=O)c1cnc2ccccc2n1)C(N)=O. The fraction of sp³-hybridized carbons (Fsp3) is 0.385. The number of nitrogens with zero attached hydrogens (tertiary/aromatic N) is 2. The number of amides is 2. The summed E-state index contributed by atoms with van der Waals surface area (Å²) in [5, 5.41) is 14.6. The summed E-state index contributed by atoms with van der Waals surface area (Å²) in [6.07, 6.45) is 0.586. The number of nitrogens with two attached hydrogens (primary N) is 1. The van der Waals surface area contributed by atoms with Crippen LogP contribution in [0.25, 0.3) is 11.0 Å². The van der Waals surface area contributed by atoms with Crippen LogP contribution in [0.2, 0.25) is 10.0 Å². The lowest BCUT2D eigenvalue weighted by atomic mass is 9.88. The van der Waals surface area contributed by atoms with Crippen molar-refractivity contribution in [2.24, 2.45) is 11.7 Å². The van der Waals surface area contributed by atoms with Crippen LogP contribution in [-0.4, -0.2) is 44.7 Å². The molecule has 3 atom stereocenters. The number of hydrogen-bond acceptors (Lipinski definition) is 5. The van der Waals surface area contributed by atoms with Gasteiger partial charge in [0, 0.05) is 5.92 Å². The number of primary amides is 1. The van der Waals surface area contributed by atoms with Crippen molar-refractivity contribution in [3.8, 4) is 0 Å². The minimum atomic E-state index is -1.49. The molecule has 0 aliphatic carbocycles. The molecule has 0 fully saturated rings. The van der Waals surface area contributed by atoms with Crippen LogP contribution in [0.15, 0.2) is 48.7 Å². The third-order valence-corrected chi connectivity index (χ3v) is 6.66. The van der Waals surface area contributed by atoms with Gasteiger partial charge in [0.05, 0.1) is 39.4 Å². The number of nitrogens with one attached hydrogen (secondary N) is 1. The van der Waals surface area contributed by atoms with E-state index in [2.05, 4.69) is 15.3 Å². The Labute approximate surface area is 219 Å². The molecule has 0 bridgehead atoms. The number of rotatable bonds is 11. The molecule has 192 valence electrons. The van der Waals surface area contributed by atoms with Gasteiger partial charge in [-0.15, -0.1) is 0 Å². The minimum Gasteiger partial charge on any atom is -0.391 e. The standard InChI is InChI=1S/C26H29Cl2FN4O3/c1-26(2,29)10-9-16(24(30)35)13-23(34)21(12-15-7-8-17(27)18(28)11-15)33-25(36)22-14-31-19-5-3-4-6-20(19)32-22/h3-8,11,14,16,21,23,34H,9-10,12-13H2,1-2H3,(H2,30,35)(H,33,36)/t16-,21?,23+/m1/s1. The number of carbonyl (C=O) groups is 2. The van der Waals surface area contributed by atoms with Gasteiger partial charge >= 0.3 is 0 Å². The minimum absolute atomic E-state index is 0.0545. The Balaban J connectivity index is 1.83. The van der Waals surface area contributed by atoms with Crippen LogP contribution in [0.3, 0.4) is 0 Å². The summed E-state index contributed by atoms with van der Waals surface area (Å²) in [4.78, 5) is 33.7. The highest BCUT2D eigenvalue weighted by molar-refractivity contribution is 6.42. The summed E-state index contributed by atoms with van der Waals surface area (Å²) in [5.41, 5.74) is 6.03. The number of hydrogen-bond donors (Lipinski definition) is 3. The van der Waals surface area contributed by atoms with E-state index in [1.54, 1.807) is 36.4 Å². The molecule has 3 aromatic rings. The molecular formula is C26H29Cl2FN4O3. The second-order valence-corrected chi connectivity index (χ2v) is 10.3. The maximum absolute atomic E-state index is 14.0. The molecule has 0 saturated carbocycles. The van der Waals surface area contributed by atoms with E-state index in [9.17, 15) is 19.1 Å². The van der Waals surface area contributed by atoms with Crippen molar-refractivity contribution < 1.29 is 19.1 Å². The second-order valence-electron chi connectivity index (χ2n) is 9.44. The molecule has 36 heavy (non-hydrogen) atoms. The third-order valence-electron chi connectivity index (χ3n) is 5.92. The van der Waals surface area contributed by atoms with Gasteiger partial charge in [0.15, 0.2) is 0 Å². The molecule has 0 aliphatic rings. The zero-order valence-electron chi connectivity index (χ0n) is 20.0. The predicted molar refractivity (Wildman–Crippen MR) is 139 cm³/mol. The first-order chi connectivity index (χ1) is 16.9. The first-order valence-electron chi connectivity index (χ1n) is 11.6. The van der Waals surface area contributed by atoms with Crippen molar-refractivity contribution in [1.82, 2.24) is 15.3 Å². The van der Waals surface area contributed by atoms with E-state index < -0.39 is 35.5 Å². The Hall–Kier alpha value is -2.81. The van der Waals surface area contributed by atoms with Crippen LogP contribution in [0.4, 0.5) is 4.39 Å². The van der Waals surface area contributed by atoms with Crippen molar-refractivity contribution in [2.45, 2.75) is 57.3 Å². The van der Waals surface area contributed by atoms with Gasteiger partial charge in [-0.25, -0.2) is 9.37 Å². The van der Waals surface area contributed by atoms with Crippen molar-refractivity contribution in [3.63, 3.8) is 0 Å². The summed E-state index contributed by atoms with van der Waals surface area (Å²) in [7, 11) is 0. The van der Waals surface area contributed by atoms with Gasteiger partial charge in [-0.2, -0.15) is 0 Å². The lowest BCUT2D eigenvalue weighted by Gasteiger charge is -2.27. The number of carbonyl (C=O) groups excluding carboxylic acids is 2. The molecule has 0 saturated heterocycles. The fourth-order valence-corrected chi connectivity index (χ4v) is 4.18. The number of para-hydroxylation sites is 2. The molecule has 4 N–H and O–H groups in total. The third kappa shape index (κ3) is 7.85. The lowest BCUT2D eigenvalue weighted by Crippen LogP contribution is -2.46. The Morgan fingerprint density at radius 3 is 2.47 bits per heavy atom. The quantitative estimate of drug-likeness (QED) is 0.330. The highest BCUT2D eigenvalue weighted by Gasteiger charge is 2.30. The summed E-state index contributed by atoms with van der Waals surface area (Å²) in [5.74, 6) is -1.96. The number of aliphatic hydroxyl groups excluding tert-OH is 1.